The van der Waals surface area contributed by atoms with E-state index in [4.69, 9.17) is 11.0 Å². The first-order valence-electron chi connectivity index (χ1n) is 7.77. The Hall–Kier alpha value is -1.65. The van der Waals surface area contributed by atoms with E-state index < -0.39 is 12.1 Å². The third kappa shape index (κ3) is 7.96. The molecular weight excluding hydrogens is 282 g/mol. The zero-order chi connectivity index (χ0) is 17.1. The highest BCUT2D eigenvalue weighted by molar-refractivity contribution is 5.89. The fraction of sp³-hybridized carbons (Fsp3) is 0.800. The average molecular weight is 311 g/mol. The smallest absolute Gasteiger partial charge is 0.242 e. The van der Waals surface area contributed by atoms with Crippen LogP contribution in [0.2, 0.25) is 0 Å². The number of rotatable bonds is 10. The average Bonchev–Trinajstić information content (AvgIpc) is 2.47. The van der Waals surface area contributed by atoms with Gasteiger partial charge < -0.3 is 21.7 Å². The molecule has 0 fully saturated rings. The molecule has 0 aromatic carbocycles. The molecule has 2 amide bonds. The predicted octanol–water partition coefficient (Wildman–Crippen LogP) is -0.128. The summed E-state index contributed by atoms with van der Waals surface area (Å²) < 4.78 is 0. The van der Waals surface area contributed by atoms with Crippen molar-refractivity contribution in [1.29, 1.82) is 5.26 Å². The molecule has 5 N–H and O–H groups in total. The van der Waals surface area contributed by atoms with Crippen LogP contribution in [0.5, 0.6) is 0 Å². The number of hydrogen-bond donors (Lipinski definition) is 4. The van der Waals surface area contributed by atoms with Crippen molar-refractivity contribution in [2.24, 2.45) is 11.7 Å². The van der Waals surface area contributed by atoms with Gasteiger partial charge >= 0.3 is 0 Å². The fourth-order valence-electron chi connectivity index (χ4n) is 1.87. The van der Waals surface area contributed by atoms with Gasteiger partial charge in [-0.15, -0.1) is 0 Å². The molecule has 0 saturated carbocycles. The van der Waals surface area contributed by atoms with E-state index in [1.807, 2.05) is 26.8 Å². The lowest BCUT2D eigenvalue weighted by Gasteiger charge is -2.24. The summed E-state index contributed by atoms with van der Waals surface area (Å²) in [7, 11) is 0. The molecular formula is C15H29N5O2. The molecule has 0 aliphatic heterocycles. The van der Waals surface area contributed by atoms with E-state index in [1.165, 1.54) is 0 Å². The third-order valence-electron chi connectivity index (χ3n) is 3.30. The van der Waals surface area contributed by atoms with Crippen LogP contribution in [0.25, 0.3) is 0 Å². The number of amides is 2. The van der Waals surface area contributed by atoms with Crippen LogP contribution in [0, 0.1) is 17.2 Å². The van der Waals surface area contributed by atoms with Crippen LogP contribution in [0.15, 0.2) is 0 Å². The summed E-state index contributed by atoms with van der Waals surface area (Å²) in [5, 5.41) is 17.0. The molecule has 0 unspecified atom stereocenters. The summed E-state index contributed by atoms with van der Waals surface area (Å²) >= 11 is 0. The first kappa shape index (κ1) is 20.3. The number of nitrogens with zero attached hydrogens (tertiary/aromatic N) is 1. The van der Waals surface area contributed by atoms with Gasteiger partial charge in [-0.3, -0.25) is 9.59 Å². The van der Waals surface area contributed by atoms with Crippen LogP contribution in [0.4, 0.5) is 0 Å². The Morgan fingerprint density at radius 1 is 1.23 bits per heavy atom. The highest BCUT2D eigenvalue weighted by atomic mass is 16.2. The van der Waals surface area contributed by atoms with Gasteiger partial charge in [-0.05, 0) is 26.2 Å². The second-order valence-corrected chi connectivity index (χ2v) is 5.71. The number of hydrogen-bond acceptors (Lipinski definition) is 5. The topological polar surface area (TPSA) is 120 Å². The van der Waals surface area contributed by atoms with E-state index >= 15 is 0 Å². The van der Waals surface area contributed by atoms with E-state index in [-0.39, 0.29) is 23.8 Å². The molecule has 7 heteroatoms. The molecule has 0 rings (SSSR count). The van der Waals surface area contributed by atoms with Crippen LogP contribution in [-0.2, 0) is 9.59 Å². The lowest BCUT2D eigenvalue weighted by atomic mass is 10.0. The van der Waals surface area contributed by atoms with Crippen molar-refractivity contribution >= 4 is 11.8 Å². The van der Waals surface area contributed by atoms with Crippen molar-refractivity contribution < 1.29 is 9.59 Å². The molecule has 0 aromatic rings. The van der Waals surface area contributed by atoms with Gasteiger partial charge in [0.15, 0.2) is 0 Å². The normalized spacial score (nSPS) is 14.8. The molecule has 22 heavy (non-hydrogen) atoms. The number of carbonyl (C=O) groups excluding carboxylic acids is 2. The second kappa shape index (κ2) is 11.0. The number of carbonyl (C=O) groups is 2. The molecule has 3 atom stereocenters. The van der Waals surface area contributed by atoms with Gasteiger partial charge in [0.2, 0.25) is 11.8 Å². The highest BCUT2D eigenvalue weighted by Gasteiger charge is 2.25. The maximum atomic E-state index is 12.1. The van der Waals surface area contributed by atoms with E-state index in [9.17, 15) is 9.59 Å². The lowest BCUT2D eigenvalue weighted by molar-refractivity contribution is -0.130. The maximum Gasteiger partial charge on any atom is 0.242 e. The summed E-state index contributed by atoms with van der Waals surface area (Å²) in [5.74, 6) is -0.415. The number of likely N-dealkylation sites (N-methyl/N-ethyl adjacent to an activating group) is 1. The molecule has 0 aromatic heterocycles. The van der Waals surface area contributed by atoms with E-state index in [0.29, 0.717) is 25.9 Å². The van der Waals surface area contributed by atoms with E-state index in [2.05, 4.69) is 16.0 Å². The van der Waals surface area contributed by atoms with E-state index in [0.717, 1.165) is 0 Å². The van der Waals surface area contributed by atoms with Gasteiger partial charge in [-0.25, -0.2) is 0 Å². The number of nitrogens with two attached hydrogens (primary N) is 1. The minimum atomic E-state index is -0.552. The summed E-state index contributed by atoms with van der Waals surface area (Å²) in [6.07, 6.45) is 0.988. The van der Waals surface area contributed by atoms with Crippen molar-refractivity contribution in [2.45, 2.75) is 58.7 Å². The monoisotopic (exact) mass is 311 g/mol. The van der Waals surface area contributed by atoms with Crippen molar-refractivity contribution in [3.63, 3.8) is 0 Å². The Morgan fingerprint density at radius 3 is 2.36 bits per heavy atom. The van der Waals surface area contributed by atoms with Crippen LogP contribution in [0.3, 0.4) is 0 Å². The number of nitrogens with one attached hydrogen (secondary N) is 3. The molecule has 0 aliphatic rings. The Balaban J connectivity index is 4.37. The molecule has 0 spiro atoms. The van der Waals surface area contributed by atoms with Gasteiger partial charge in [0.25, 0.3) is 0 Å². The van der Waals surface area contributed by atoms with Gasteiger partial charge in [0.05, 0.1) is 12.1 Å². The molecule has 0 radical (unpaired) electrons. The van der Waals surface area contributed by atoms with Crippen LogP contribution < -0.4 is 21.7 Å². The molecule has 7 nitrogen and oxygen atoms in total. The van der Waals surface area contributed by atoms with Crippen molar-refractivity contribution in [3.05, 3.63) is 0 Å². The van der Waals surface area contributed by atoms with Crippen molar-refractivity contribution in [2.75, 3.05) is 13.1 Å². The quantitative estimate of drug-likeness (QED) is 0.448. The van der Waals surface area contributed by atoms with Gasteiger partial charge in [-0.2, -0.15) is 5.26 Å². The van der Waals surface area contributed by atoms with Gasteiger partial charge in [-0.1, -0.05) is 13.8 Å². The van der Waals surface area contributed by atoms with Crippen molar-refractivity contribution in [3.8, 4) is 6.07 Å². The maximum absolute atomic E-state index is 12.1. The lowest BCUT2D eigenvalue weighted by Crippen LogP contribution is -2.54. The zero-order valence-electron chi connectivity index (χ0n) is 14.0. The first-order chi connectivity index (χ1) is 10.3. The van der Waals surface area contributed by atoms with Crippen LogP contribution >= 0.6 is 0 Å². The highest BCUT2D eigenvalue weighted by Crippen LogP contribution is 2.02. The van der Waals surface area contributed by atoms with Crippen LogP contribution in [0.1, 0.15) is 40.5 Å². The van der Waals surface area contributed by atoms with Gasteiger partial charge in [0.1, 0.15) is 6.04 Å². The molecule has 0 saturated heterocycles. The minimum absolute atomic E-state index is 0.000542. The summed E-state index contributed by atoms with van der Waals surface area (Å²) in [6.45, 7) is 8.31. The Morgan fingerprint density at radius 2 is 1.86 bits per heavy atom. The summed E-state index contributed by atoms with van der Waals surface area (Å²) in [4.78, 5) is 24.1. The Labute approximate surface area is 133 Å². The Bertz CT molecular complexity index is 392. The summed E-state index contributed by atoms with van der Waals surface area (Å²) in [5.41, 5.74) is 5.84. The Kier molecular flexibility index (Phi) is 10.2. The minimum Gasteiger partial charge on any atom is -0.355 e. The second-order valence-electron chi connectivity index (χ2n) is 5.71. The summed E-state index contributed by atoms with van der Waals surface area (Å²) in [6, 6.07) is 0.866. The zero-order valence-corrected chi connectivity index (χ0v) is 14.0. The van der Waals surface area contributed by atoms with E-state index in [1.54, 1.807) is 6.92 Å². The third-order valence-corrected chi connectivity index (χ3v) is 3.30. The predicted molar refractivity (Wildman–Crippen MR) is 85.7 cm³/mol. The standard InChI is InChI=1S/C15H29N5O2/c1-5-18-15(22)13(10(2)3)20-14(21)11(4)19-9-12(17)7-6-8-16/h10-13,19H,5-7,9,17H2,1-4H3,(H,18,22)(H,20,21)/t11-,12-,13-/m0/s1. The fourth-order valence-corrected chi connectivity index (χ4v) is 1.87. The molecule has 0 heterocycles. The SMILES string of the molecule is CCNC(=O)[C@@H](NC(=O)[C@H](C)NC[C@@H](N)CCC#N)C(C)C. The van der Waals surface area contributed by atoms with Crippen molar-refractivity contribution in [1.82, 2.24) is 16.0 Å². The molecule has 0 aliphatic carbocycles. The van der Waals surface area contributed by atoms with Gasteiger partial charge in [0, 0.05) is 25.6 Å². The largest absolute Gasteiger partial charge is 0.355 e. The first-order valence-corrected chi connectivity index (χ1v) is 7.77. The molecule has 0 bridgehead atoms. The molecule has 126 valence electrons. The van der Waals surface area contributed by atoms with Crippen LogP contribution in [-0.4, -0.2) is 43.0 Å². The number of nitriles is 1.